The fourth-order valence-corrected chi connectivity index (χ4v) is 9.16. The number of nitrogens with zero attached hydrogens (tertiary/aromatic N) is 10. The SMILES string of the molecule is Cc1c(N2CCN(C(=O)N(C)C)CC2)nc2cc(F)cc(F)c2c1Nc1cccc(N2CCOCC2)n1.Cc1c(N2CCNCC2)nc2cc(F)cc(F)c2c1Nc1cccc(N2CCOCC2)n1. The maximum absolute atomic E-state index is 15.1. The van der Waals surface area contributed by atoms with Crippen LogP contribution in [0.25, 0.3) is 21.8 Å². The van der Waals surface area contributed by atoms with E-state index in [4.69, 9.17) is 19.4 Å². The van der Waals surface area contributed by atoms with Crippen molar-refractivity contribution in [2.24, 2.45) is 0 Å². The summed E-state index contributed by atoms with van der Waals surface area (Å²) < 4.78 is 69.2. The molecule has 3 N–H and O–H groups in total. The molecule has 20 heteroatoms. The Hall–Kier alpha value is -6.77. The summed E-state index contributed by atoms with van der Waals surface area (Å²) in [5, 5.41) is 10.4. The number of anilines is 8. The van der Waals surface area contributed by atoms with Crippen LogP contribution >= 0.6 is 0 Å². The first kappa shape index (κ1) is 47.3. The van der Waals surface area contributed by atoms with Crippen molar-refractivity contribution in [3.63, 3.8) is 0 Å². The van der Waals surface area contributed by atoms with Crippen LogP contribution in [0.1, 0.15) is 11.1 Å². The Morgan fingerprint density at radius 2 is 1.01 bits per heavy atom. The van der Waals surface area contributed by atoms with Gasteiger partial charge < -0.3 is 54.8 Å². The number of aromatic nitrogens is 4. The molecule has 6 aromatic rings. The van der Waals surface area contributed by atoms with E-state index in [9.17, 15) is 18.0 Å². The Labute approximate surface area is 398 Å². The van der Waals surface area contributed by atoms with Crippen molar-refractivity contribution in [2.75, 3.05) is 149 Å². The number of carbonyl (C=O) groups excluding carboxylic acids is 1. The molecule has 0 saturated carbocycles. The van der Waals surface area contributed by atoms with Crippen molar-refractivity contribution >= 4 is 74.1 Å². The van der Waals surface area contributed by atoms with E-state index in [1.54, 1.807) is 23.9 Å². The minimum atomic E-state index is -0.689. The van der Waals surface area contributed by atoms with Crippen LogP contribution in [0.5, 0.6) is 0 Å². The first-order chi connectivity index (χ1) is 33.4. The summed E-state index contributed by atoms with van der Waals surface area (Å²) in [6, 6.07) is 15.6. The minimum absolute atomic E-state index is 0.0411. The highest BCUT2D eigenvalue weighted by molar-refractivity contribution is 5.98. The van der Waals surface area contributed by atoms with Crippen molar-refractivity contribution in [3.8, 4) is 0 Å². The fraction of sp³-hybridized carbons (Fsp3) is 0.408. The molecule has 0 bridgehead atoms. The predicted molar refractivity (Wildman–Crippen MR) is 262 cm³/mol. The molecule has 364 valence electrons. The quantitative estimate of drug-likeness (QED) is 0.138. The molecular formula is C49H57F4N13O3. The molecule has 10 rings (SSSR count). The number of rotatable bonds is 8. The third kappa shape index (κ3) is 10.5. The lowest BCUT2D eigenvalue weighted by Gasteiger charge is -2.37. The number of benzene rings is 2. The second-order valence-electron chi connectivity index (χ2n) is 17.5. The molecule has 0 radical (unpaired) electrons. The van der Waals surface area contributed by atoms with E-state index in [2.05, 4.69) is 45.5 Å². The number of fused-ring (bicyclic) bond motifs is 2. The smallest absolute Gasteiger partial charge is 0.319 e. The van der Waals surface area contributed by atoms with Gasteiger partial charge in [-0.05, 0) is 38.1 Å². The van der Waals surface area contributed by atoms with Crippen LogP contribution in [0.3, 0.4) is 0 Å². The lowest BCUT2D eigenvalue weighted by atomic mass is 10.1. The van der Waals surface area contributed by atoms with E-state index < -0.39 is 23.3 Å². The first-order valence-electron chi connectivity index (χ1n) is 23.3. The van der Waals surface area contributed by atoms with Crippen molar-refractivity contribution in [2.45, 2.75) is 13.8 Å². The summed E-state index contributed by atoms with van der Waals surface area (Å²) >= 11 is 0. The molecule has 4 aromatic heterocycles. The number of amides is 2. The lowest BCUT2D eigenvalue weighted by Crippen LogP contribution is -2.51. The zero-order valence-corrected chi connectivity index (χ0v) is 39.3. The number of piperazine rings is 2. The molecule has 2 aromatic carbocycles. The first-order valence-corrected chi connectivity index (χ1v) is 23.3. The number of hydrogen-bond donors (Lipinski definition) is 3. The van der Waals surface area contributed by atoms with Gasteiger partial charge in [-0.15, -0.1) is 0 Å². The zero-order chi connectivity index (χ0) is 48.2. The summed E-state index contributed by atoms with van der Waals surface area (Å²) in [4.78, 5) is 43.0. The third-order valence-electron chi connectivity index (χ3n) is 12.7. The molecular weight excluding hydrogens is 895 g/mol. The van der Waals surface area contributed by atoms with Gasteiger partial charge in [-0.1, -0.05) is 12.1 Å². The number of ether oxygens (including phenoxy) is 2. The standard InChI is InChI=1S/C26H31F2N7O2.C23H26F2N6O/c1-17-24(31-21-5-4-6-22(30-21)33-11-13-37-14-12-33)23-19(28)15-18(27)16-20(23)29-25(17)34-7-9-35(10-8-34)26(36)32(2)3;1-15-22(29-19-3-2-4-20(28-19)30-9-11-32-12-10-30)21-17(25)13-16(24)14-18(21)27-23(15)31-7-5-26-6-8-31/h4-6,15-16H,7-14H2,1-3H3,(H,29,30,31);2-4,13-14,26H,5-12H2,1H3,(H,27,28,29). The Morgan fingerprint density at radius 3 is 1.45 bits per heavy atom. The van der Waals surface area contributed by atoms with Gasteiger partial charge in [0.1, 0.15) is 58.2 Å². The lowest BCUT2D eigenvalue weighted by molar-refractivity contribution is 0.122. The maximum atomic E-state index is 15.1. The Kier molecular flexibility index (Phi) is 14.3. The van der Waals surface area contributed by atoms with E-state index in [0.29, 0.717) is 81.4 Å². The highest BCUT2D eigenvalue weighted by atomic mass is 19.1. The van der Waals surface area contributed by atoms with Gasteiger partial charge in [-0.3, -0.25) is 0 Å². The second kappa shape index (κ2) is 20.8. The molecule has 69 heavy (non-hydrogen) atoms. The Morgan fingerprint density at radius 1 is 0.580 bits per heavy atom. The highest BCUT2D eigenvalue weighted by Crippen LogP contribution is 2.39. The molecule has 4 aliphatic rings. The normalized spacial score (nSPS) is 16.7. The van der Waals surface area contributed by atoms with Crippen LogP contribution in [0.2, 0.25) is 0 Å². The van der Waals surface area contributed by atoms with E-state index >= 15 is 4.39 Å². The largest absolute Gasteiger partial charge is 0.378 e. The monoisotopic (exact) mass is 951 g/mol. The van der Waals surface area contributed by atoms with E-state index in [1.165, 1.54) is 12.1 Å². The van der Waals surface area contributed by atoms with Crippen molar-refractivity contribution < 1.29 is 31.8 Å². The highest BCUT2D eigenvalue weighted by Gasteiger charge is 2.27. The molecule has 4 aliphatic heterocycles. The van der Waals surface area contributed by atoms with Crippen molar-refractivity contribution in [3.05, 3.63) is 95.1 Å². The molecule has 0 aliphatic carbocycles. The second-order valence-corrected chi connectivity index (χ2v) is 17.5. The number of pyridine rings is 4. The third-order valence-corrected chi connectivity index (χ3v) is 12.7. The van der Waals surface area contributed by atoms with Crippen molar-refractivity contribution in [1.29, 1.82) is 0 Å². The molecule has 0 atom stereocenters. The van der Waals surface area contributed by atoms with Gasteiger partial charge in [-0.2, -0.15) is 0 Å². The molecule has 0 spiro atoms. The average molecular weight is 952 g/mol. The molecule has 16 nitrogen and oxygen atoms in total. The summed E-state index contributed by atoms with van der Waals surface area (Å²) in [6.07, 6.45) is 0. The fourth-order valence-electron chi connectivity index (χ4n) is 9.16. The van der Waals surface area contributed by atoms with Gasteiger partial charge in [-0.25, -0.2) is 42.3 Å². The molecule has 8 heterocycles. The number of hydrogen-bond acceptors (Lipinski definition) is 14. The molecule has 4 saturated heterocycles. The molecule has 2 amide bonds. The Balaban J connectivity index is 0.000000174. The number of halogens is 4. The topological polar surface area (TPSA) is 143 Å². The van der Waals surface area contributed by atoms with Crippen LogP contribution in [0.4, 0.5) is 68.6 Å². The van der Waals surface area contributed by atoms with Gasteiger partial charge in [0.05, 0.1) is 59.6 Å². The Bertz CT molecular complexity index is 2810. The number of nitrogens with one attached hydrogen (secondary N) is 3. The van der Waals surface area contributed by atoms with E-state index in [1.807, 2.05) is 50.2 Å². The van der Waals surface area contributed by atoms with Gasteiger partial charge in [0.15, 0.2) is 0 Å². The molecule has 0 unspecified atom stereocenters. The summed E-state index contributed by atoms with van der Waals surface area (Å²) in [7, 11) is 3.46. The summed E-state index contributed by atoms with van der Waals surface area (Å²) in [5.41, 5.74) is 3.10. The van der Waals surface area contributed by atoms with Crippen LogP contribution < -0.4 is 35.6 Å². The van der Waals surface area contributed by atoms with Crippen LogP contribution in [-0.2, 0) is 9.47 Å². The number of carbonyl (C=O) groups is 1. The average Bonchev–Trinajstić information content (AvgIpc) is 3.36. The van der Waals surface area contributed by atoms with Gasteiger partial charge in [0.25, 0.3) is 0 Å². The van der Waals surface area contributed by atoms with E-state index in [-0.39, 0.29) is 27.8 Å². The summed E-state index contributed by atoms with van der Waals surface area (Å²) in [6.45, 7) is 14.8. The number of morpholine rings is 2. The minimum Gasteiger partial charge on any atom is -0.378 e. The van der Waals surface area contributed by atoms with Crippen molar-refractivity contribution in [1.82, 2.24) is 35.1 Å². The van der Waals surface area contributed by atoms with Gasteiger partial charge in [0.2, 0.25) is 0 Å². The zero-order valence-electron chi connectivity index (χ0n) is 39.3. The van der Waals surface area contributed by atoms with Gasteiger partial charge >= 0.3 is 6.03 Å². The number of urea groups is 1. The van der Waals surface area contributed by atoms with Crippen LogP contribution in [-0.4, -0.2) is 155 Å². The van der Waals surface area contributed by atoms with E-state index in [0.717, 1.165) is 93.1 Å². The predicted octanol–water partition coefficient (Wildman–Crippen LogP) is 6.81. The van der Waals surface area contributed by atoms with Gasteiger partial charge in [0, 0.05) is 128 Å². The summed E-state index contributed by atoms with van der Waals surface area (Å²) in [5.74, 6) is 1.48. The van der Waals surface area contributed by atoms with Crippen LogP contribution in [0, 0.1) is 37.1 Å². The molecule has 4 fully saturated rings. The maximum Gasteiger partial charge on any atom is 0.319 e. The van der Waals surface area contributed by atoms with Crippen LogP contribution in [0.15, 0.2) is 60.7 Å².